The van der Waals surface area contributed by atoms with E-state index in [1.165, 1.54) is 6.07 Å². The summed E-state index contributed by atoms with van der Waals surface area (Å²) in [5, 5.41) is 6.36. The first-order valence-corrected chi connectivity index (χ1v) is 10.3. The van der Waals surface area contributed by atoms with Crippen molar-refractivity contribution in [2.24, 2.45) is 5.92 Å². The van der Waals surface area contributed by atoms with Gasteiger partial charge in [-0.25, -0.2) is 4.39 Å². The van der Waals surface area contributed by atoms with Crippen LogP contribution in [0, 0.1) is 11.7 Å². The highest BCUT2D eigenvalue weighted by Crippen LogP contribution is 2.29. The second kappa shape index (κ2) is 9.11. The van der Waals surface area contributed by atoms with Crippen molar-refractivity contribution in [3.8, 4) is 11.1 Å². The van der Waals surface area contributed by atoms with E-state index in [-0.39, 0.29) is 23.3 Å². The minimum atomic E-state index is -0.691. The Balaban J connectivity index is 1.71. The topological polar surface area (TPSA) is 37.0 Å². The molecule has 0 radical (unpaired) electrons. The quantitative estimate of drug-likeness (QED) is 0.616. The zero-order chi connectivity index (χ0) is 21.9. The highest BCUT2D eigenvalue weighted by atomic mass is 19.1. The van der Waals surface area contributed by atoms with Crippen LogP contribution in [0.4, 0.5) is 13.2 Å². The molecule has 6 heteroatoms. The van der Waals surface area contributed by atoms with Crippen LogP contribution in [-0.4, -0.2) is 24.4 Å². The van der Waals surface area contributed by atoms with E-state index in [9.17, 15) is 13.2 Å². The molecule has 1 aromatic heterocycles. The lowest BCUT2D eigenvalue weighted by molar-refractivity contribution is 0.241. The molecule has 2 heterocycles. The van der Waals surface area contributed by atoms with E-state index in [2.05, 4.69) is 36.4 Å². The number of hydrogen-bond acceptors (Lipinski definition) is 3. The standard InChI is InChI=1S/C24H30F3N3/c1-15(30-19-11-22(29-14-19)18(12-25)13-26)16-5-6-20(21(27)9-16)17-7-8-28-23(10-17)24(2,3)4/h5-10,14-15,18,22,29-30H,11-13H2,1-4H3. The minimum absolute atomic E-state index is 0.116. The summed E-state index contributed by atoms with van der Waals surface area (Å²) in [5.74, 6) is -0.940. The van der Waals surface area contributed by atoms with Crippen LogP contribution in [0.15, 0.2) is 48.4 Å². The predicted molar refractivity (Wildman–Crippen MR) is 115 cm³/mol. The van der Waals surface area contributed by atoms with Crippen molar-refractivity contribution < 1.29 is 13.2 Å². The van der Waals surface area contributed by atoms with Crippen molar-refractivity contribution in [3.05, 3.63) is 65.5 Å². The monoisotopic (exact) mass is 417 g/mol. The van der Waals surface area contributed by atoms with E-state index in [1.54, 1.807) is 18.5 Å². The van der Waals surface area contributed by atoms with Gasteiger partial charge in [-0.05, 0) is 36.2 Å². The first kappa shape index (κ1) is 22.2. The first-order chi connectivity index (χ1) is 14.2. The Morgan fingerprint density at radius 2 is 1.90 bits per heavy atom. The maximum Gasteiger partial charge on any atom is 0.131 e. The number of hydrogen-bond donors (Lipinski definition) is 2. The van der Waals surface area contributed by atoms with Gasteiger partial charge in [0.25, 0.3) is 0 Å². The average Bonchev–Trinajstić information content (AvgIpc) is 3.16. The molecule has 0 saturated heterocycles. The van der Waals surface area contributed by atoms with Crippen molar-refractivity contribution in [3.63, 3.8) is 0 Å². The first-order valence-electron chi connectivity index (χ1n) is 10.3. The van der Waals surface area contributed by atoms with Gasteiger partial charge in [0, 0.05) is 59.2 Å². The molecule has 0 spiro atoms. The van der Waals surface area contributed by atoms with Crippen LogP contribution >= 0.6 is 0 Å². The fourth-order valence-corrected chi connectivity index (χ4v) is 3.63. The number of alkyl halides is 2. The smallest absolute Gasteiger partial charge is 0.131 e. The second-order valence-corrected chi connectivity index (χ2v) is 9.00. The van der Waals surface area contributed by atoms with Crippen LogP contribution in [0.2, 0.25) is 0 Å². The largest absolute Gasteiger partial charge is 0.386 e. The lowest BCUT2D eigenvalue weighted by Crippen LogP contribution is -2.32. The Hall–Kier alpha value is -2.50. The zero-order valence-corrected chi connectivity index (χ0v) is 18.0. The molecule has 2 N–H and O–H groups in total. The van der Waals surface area contributed by atoms with Crippen molar-refractivity contribution in [1.82, 2.24) is 15.6 Å². The number of pyridine rings is 1. The third kappa shape index (κ3) is 4.97. The third-order valence-electron chi connectivity index (χ3n) is 5.61. The summed E-state index contributed by atoms with van der Waals surface area (Å²) in [4.78, 5) is 4.41. The van der Waals surface area contributed by atoms with Gasteiger partial charge in [0.2, 0.25) is 0 Å². The number of nitrogens with one attached hydrogen (secondary N) is 2. The molecule has 2 aromatic rings. The van der Waals surface area contributed by atoms with E-state index < -0.39 is 19.3 Å². The van der Waals surface area contributed by atoms with E-state index in [4.69, 9.17) is 0 Å². The van der Waals surface area contributed by atoms with Crippen molar-refractivity contribution in [1.29, 1.82) is 0 Å². The summed E-state index contributed by atoms with van der Waals surface area (Å²) in [5.41, 5.74) is 3.80. The van der Waals surface area contributed by atoms with Crippen LogP contribution < -0.4 is 10.6 Å². The Kier molecular flexibility index (Phi) is 6.74. The Bertz CT molecular complexity index is 901. The normalized spacial score (nSPS) is 17.6. The molecular weight excluding hydrogens is 387 g/mol. The molecule has 3 nitrogen and oxygen atoms in total. The molecule has 2 unspecified atom stereocenters. The van der Waals surface area contributed by atoms with Crippen molar-refractivity contribution >= 4 is 0 Å². The molecule has 1 aromatic carbocycles. The van der Waals surface area contributed by atoms with Gasteiger partial charge in [-0.15, -0.1) is 0 Å². The number of benzene rings is 1. The fourth-order valence-electron chi connectivity index (χ4n) is 3.63. The van der Waals surface area contributed by atoms with Crippen molar-refractivity contribution in [2.45, 2.75) is 51.6 Å². The molecule has 1 aliphatic rings. The van der Waals surface area contributed by atoms with E-state index >= 15 is 0 Å². The van der Waals surface area contributed by atoms with Crippen LogP contribution in [0.1, 0.15) is 51.4 Å². The van der Waals surface area contributed by atoms with Crippen LogP contribution in [-0.2, 0) is 5.41 Å². The van der Waals surface area contributed by atoms with Crippen LogP contribution in [0.25, 0.3) is 11.1 Å². The second-order valence-electron chi connectivity index (χ2n) is 9.00. The van der Waals surface area contributed by atoms with Gasteiger partial charge in [-0.3, -0.25) is 13.8 Å². The highest BCUT2D eigenvalue weighted by molar-refractivity contribution is 5.65. The molecule has 0 bridgehead atoms. The van der Waals surface area contributed by atoms with Gasteiger partial charge in [0.15, 0.2) is 0 Å². The number of rotatable bonds is 7. The molecule has 0 saturated carbocycles. The molecule has 0 aliphatic carbocycles. The van der Waals surface area contributed by atoms with Gasteiger partial charge in [0.1, 0.15) is 5.82 Å². The number of aromatic nitrogens is 1. The SMILES string of the molecule is CC(NC1=CNC(C(CF)CF)C1)c1ccc(-c2ccnc(C(C)(C)C)c2)c(F)c1. The van der Waals surface area contributed by atoms with Crippen LogP contribution in [0.5, 0.6) is 0 Å². The van der Waals surface area contributed by atoms with Gasteiger partial charge in [0.05, 0.1) is 13.3 Å². The lowest BCUT2D eigenvalue weighted by atomic mass is 9.89. The maximum absolute atomic E-state index is 14.9. The summed E-state index contributed by atoms with van der Waals surface area (Å²) in [6.07, 6.45) is 4.00. The Morgan fingerprint density at radius 1 is 1.17 bits per heavy atom. The number of nitrogens with zero attached hydrogens (tertiary/aromatic N) is 1. The summed E-state index contributed by atoms with van der Waals surface area (Å²) < 4.78 is 40.8. The average molecular weight is 418 g/mol. The summed E-state index contributed by atoms with van der Waals surface area (Å²) in [6.45, 7) is 6.78. The zero-order valence-electron chi connectivity index (χ0n) is 18.0. The molecule has 0 fully saturated rings. The molecule has 0 amide bonds. The summed E-state index contributed by atoms with van der Waals surface area (Å²) >= 11 is 0. The molecule has 3 rings (SSSR count). The lowest BCUT2D eigenvalue weighted by Gasteiger charge is -2.20. The highest BCUT2D eigenvalue weighted by Gasteiger charge is 2.26. The van der Waals surface area contributed by atoms with E-state index in [0.29, 0.717) is 12.0 Å². The van der Waals surface area contributed by atoms with Gasteiger partial charge < -0.3 is 10.6 Å². The van der Waals surface area contributed by atoms with E-state index in [1.807, 2.05) is 25.1 Å². The Morgan fingerprint density at radius 3 is 2.53 bits per heavy atom. The Labute approximate surface area is 176 Å². The summed E-state index contributed by atoms with van der Waals surface area (Å²) in [6, 6.07) is 8.58. The van der Waals surface area contributed by atoms with Gasteiger partial charge in [-0.2, -0.15) is 0 Å². The van der Waals surface area contributed by atoms with Gasteiger partial charge in [-0.1, -0.05) is 32.9 Å². The van der Waals surface area contributed by atoms with Crippen molar-refractivity contribution in [2.75, 3.05) is 13.3 Å². The third-order valence-corrected chi connectivity index (χ3v) is 5.61. The molecule has 162 valence electrons. The van der Waals surface area contributed by atoms with Crippen LogP contribution in [0.3, 0.4) is 0 Å². The maximum atomic E-state index is 14.9. The molecule has 1 aliphatic heterocycles. The molecule has 30 heavy (non-hydrogen) atoms. The molecular formula is C24H30F3N3. The van der Waals surface area contributed by atoms with Gasteiger partial charge >= 0.3 is 0 Å². The molecule has 2 atom stereocenters. The summed E-state index contributed by atoms with van der Waals surface area (Å²) in [7, 11) is 0. The minimum Gasteiger partial charge on any atom is -0.386 e. The van der Waals surface area contributed by atoms with E-state index in [0.717, 1.165) is 22.5 Å². The fraction of sp³-hybridized carbons (Fsp3) is 0.458. The predicted octanol–water partition coefficient (Wildman–Crippen LogP) is 5.59. The number of halogens is 3.